The third kappa shape index (κ3) is 3.58. The highest BCUT2D eigenvalue weighted by Crippen LogP contribution is 2.23. The van der Waals surface area contributed by atoms with Crippen molar-refractivity contribution in [2.24, 2.45) is 5.92 Å². The van der Waals surface area contributed by atoms with Crippen LogP contribution in [0.2, 0.25) is 0 Å². The van der Waals surface area contributed by atoms with Gasteiger partial charge in [0.05, 0.1) is 0 Å². The van der Waals surface area contributed by atoms with Gasteiger partial charge in [-0.1, -0.05) is 0 Å². The molecule has 0 radical (unpaired) electrons. The molecule has 0 N–H and O–H groups in total. The topological polar surface area (TPSA) is 6.48 Å². The van der Waals surface area contributed by atoms with Crippen LogP contribution in [0.25, 0.3) is 0 Å². The van der Waals surface area contributed by atoms with E-state index in [1.54, 1.807) is 0 Å². The Morgan fingerprint density at radius 1 is 1.29 bits per heavy atom. The zero-order valence-electron chi connectivity index (χ0n) is 10.5. The molecular formula is C12H26N2. The van der Waals surface area contributed by atoms with Gasteiger partial charge in [0.1, 0.15) is 0 Å². The van der Waals surface area contributed by atoms with Crippen LogP contribution in [0.15, 0.2) is 0 Å². The molecule has 1 atom stereocenters. The van der Waals surface area contributed by atoms with Crippen LogP contribution in [-0.2, 0) is 0 Å². The molecule has 1 saturated heterocycles. The largest absolute Gasteiger partial charge is 0.309 e. The minimum absolute atomic E-state index is 0.352. The molecule has 0 aromatic carbocycles. The molecule has 1 unspecified atom stereocenters. The fraction of sp³-hybridized carbons (Fsp3) is 1.00. The Labute approximate surface area is 89.3 Å². The van der Waals surface area contributed by atoms with E-state index in [1.165, 1.54) is 32.5 Å². The molecule has 2 nitrogen and oxygen atoms in total. The molecule has 0 amide bonds. The Morgan fingerprint density at radius 2 is 1.93 bits per heavy atom. The summed E-state index contributed by atoms with van der Waals surface area (Å²) in [6, 6.07) is 0. The van der Waals surface area contributed by atoms with Crippen LogP contribution in [0.4, 0.5) is 0 Å². The number of hydrogen-bond donors (Lipinski definition) is 0. The highest BCUT2D eigenvalue weighted by atomic mass is 15.2. The molecule has 0 spiro atoms. The van der Waals surface area contributed by atoms with Crippen LogP contribution in [0.3, 0.4) is 0 Å². The normalized spacial score (nSPS) is 25.7. The Bertz CT molecular complexity index is 170. The molecule has 0 aromatic heterocycles. The predicted octanol–water partition coefficient (Wildman–Crippen LogP) is 2.06. The van der Waals surface area contributed by atoms with E-state index >= 15 is 0 Å². The van der Waals surface area contributed by atoms with Crippen LogP contribution < -0.4 is 0 Å². The average Bonchev–Trinajstić information content (AvgIpc) is 2.01. The molecule has 0 bridgehead atoms. The molecule has 1 rings (SSSR count). The summed E-state index contributed by atoms with van der Waals surface area (Å²) in [4.78, 5) is 4.95. The molecule has 14 heavy (non-hydrogen) atoms. The molecular weight excluding hydrogens is 172 g/mol. The van der Waals surface area contributed by atoms with Crippen molar-refractivity contribution in [1.29, 1.82) is 0 Å². The number of piperidine rings is 1. The second-order valence-electron chi connectivity index (χ2n) is 5.89. The van der Waals surface area contributed by atoms with Crippen LogP contribution >= 0.6 is 0 Å². The lowest BCUT2D eigenvalue weighted by atomic mass is 9.93. The second kappa shape index (κ2) is 4.63. The summed E-state index contributed by atoms with van der Waals surface area (Å²) in [5.74, 6) is 0.873. The number of nitrogens with zero attached hydrogens (tertiary/aromatic N) is 2. The average molecular weight is 198 g/mol. The zero-order valence-corrected chi connectivity index (χ0v) is 10.5. The fourth-order valence-corrected chi connectivity index (χ4v) is 2.34. The Hall–Kier alpha value is -0.0800. The highest BCUT2D eigenvalue weighted by molar-refractivity contribution is 4.83. The second-order valence-corrected chi connectivity index (χ2v) is 5.89. The van der Waals surface area contributed by atoms with Crippen LogP contribution in [0.5, 0.6) is 0 Å². The van der Waals surface area contributed by atoms with Crippen molar-refractivity contribution in [3.05, 3.63) is 0 Å². The number of likely N-dealkylation sites (tertiary alicyclic amines) is 1. The number of rotatable bonds is 2. The molecule has 84 valence electrons. The molecule has 0 saturated carbocycles. The van der Waals surface area contributed by atoms with Crippen molar-refractivity contribution in [3.8, 4) is 0 Å². The van der Waals surface area contributed by atoms with Gasteiger partial charge >= 0.3 is 0 Å². The maximum Gasteiger partial charge on any atom is 0.0125 e. The lowest BCUT2D eigenvalue weighted by Crippen LogP contribution is -2.48. The summed E-state index contributed by atoms with van der Waals surface area (Å²) in [5, 5.41) is 0. The summed E-state index contributed by atoms with van der Waals surface area (Å²) in [5.41, 5.74) is 0.352. The first-order valence-corrected chi connectivity index (χ1v) is 5.79. The molecule has 0 aliphatic carbocycles. The smallest absolute Gasteiger partial charge is 0.0125 e. The van der Waals surface area contributed by atoms with E-state index in [-0.39, 0.29) is 0 Å². The minimum atomic E-state index is 0.352. The van der Waals surface area contributed by atoms with Gasteiger partial charge in [-0.05, 0) is 60.2 Å². The fourth-order valence-electron chi connectivity index (χ4n) is 2.34. The number of hydrogen-bond acceptors (Lipinski definition) is 2. The van der Waals surface area contributed by atoms with E-state index in [2.05, 4.69) is 44.7 Å². The van der Waals surface area contributed by atoms with E-state index in [0.29, 0.717) is 5.54 Å². The van der Waals surface area contributed by atoms with E-state index < -0.39 is 0 Å². The Morgan fingerprint density at radius 3 is 2.43 bits per heavy atom. The lowest BCUT2D eigenvalue weighted by molar-refractivity contribution is 0.0699. The third-order valence-corrected chi connectivity index (χ3v) is 3.09. The van der Waals surface area contributed by atoms with Crippen molar-refractivity contribution >= 4 is 0 Å². The van der Waals surface area contributed by atoms with Gasteiger partial charge in [0.25, 0.3) is 0 Å². The van der Waals surface area contributed by atoms with Gasteiger partial charge in [-0.15, -0.1) is 0 Å². The molecule has 1 fully saturated rings. The van der Waals surface area contributed by atoms with E-state index in [4.69, 9.17) is 0 Å². The zero-order chi connectivity index (χ0) is 10.8. The first-order valence-electron chi connectivity index (χ1n) is 5.79. The van der Waals surface area contributed by atoms with Gasteiger partial charge in [-0.25, -0.2) is 0 Å². The van der Waals surface area contributed by atoms with Crippen molar-refractivity contribution in [1.82, 2.24) is 9.80 Å². The van der Waals surface area contributed by atoms with Gasteiger partial charge in [-0.2, -0.15) is 0 Å². The van der Waals surface area contributed by atoms with Gasteiger partial charge in [0.15, 0.2) is 0 Å². The monoisotopic (exact) mass is 198 g/mol. The summed E-state index contributed by atoms with van der Waals surface area (Å²) >= 11 is 0. The molecule has 1 aliphatic heterocycles. The molecule has 0 aromatic rings. The molecule has 1 heterocycles. The minimum Gasteiger partial charge on any atom is -0.309 e. The standard InChI is InChI=1S/C12H26N2/c1-12(2,3)14-8-6-7-11(10-14)9-13(4)5/h11H,6-10H2,1-5H3. The van der Waals surface area contributed by atoms with Gasteiger partial charge in [0, 0.05) is 18.6 Å². The van der Waals surface area contributed by atoms with Crippen molar-refractivity contribution in [2.45, 2.75) is 39.2 Å². The summed E-state index contributed by atoms with van der Waals surface area (Å²) < 4.78 is 0. The first-order chi connectivity index (χ1) is 6.39. The molecule has 1 aliphatic rings. The summed E-state index contributed by atoms with van der Waals surface area (Å²) in [7, 11) is 4.35. The Kier molecular flexibility index (Phi) is 3.96. The highest BCUT2D eigenvalue weighted by Gasteiger charge is 2.27. The summed E-state index contributed by atoms with van der Waals surface area (Å²) in [6.07, 6.45) is 2.78. The lowest BCUT2D eigenvalue weighted by Gasteiger charge is -2.42. The van der Waals surface area contributed by atoms with E-state index in [9.17, 15) is 0 Å². The van der Waals surface area contributed by atoms with E-state index in [1.807, 2.05) is 0 Å². The maximum atomic E-state index is 2.63. The maximum absolute atomic E-state index is 2.63. The van der Waals surface area contributed by atoms with Gasteiger partial charge < -0.3 is 4.90 Å². The Balaban J connectivity index is 2.44. The van der Waals surface area contributed by atoms with Crippen LogP contribution in [-0.4, -0.2) is 49.1 Å². The summed E-state index contributed by atoms with van der Waals surface area (Å²) in [6.45, 7) is 10.8. The van der Waals surface area contributed by atoms with Gasteiger partial charge in [-0.3, -0.25) is 4.90 Å². The first kappa shape index (κ1) is 12.0. The predicted molar refractivity (Wildman–Crippen MR) is 62.6 cm³/mol. The van der Waals surface area contributed by atoms with Crippen molar-refractivity contribution in [2.75, 3.05) is 33.7 Å². The third-order valence-electron chi connectivity index (χ3n) is 3.09. The van der Waals surface area contributed by atoms with E-state index in [0.717, 1.165) is 5.92 Å². The van der Waals surface area contributed by atoms with Gasteiger partial charge in [0.2, 0.25) is 0 Å². The van der Waals surface area contributed by atoms with Crippen LogP contribution in [0, 0.1) is 5.92 Å². The van der Waals surface area contributed by atoms with Crippen LogP contribution in [0.1, 0.15) is 33.6 Å². The van der Waals surface area contributed by atoms with Crippen molar-refractivity contribution < 1.29 is 0 Å². The SMILES string of the molecule is CN(C)CC1CCCN(C(C)(C)C)C1. The van der Waals surface area contributed by atoms with Crippen molar-refractivity contribution in [3.63, 3.8) is 0 Å². The quantitative estimate of drug-likeness (QED) is 0.670. The molecule has 2 heteroatoms.